The molecule has 2 rings (SSSR count). The smallest absolute Gasteiger partial charge is 0.238 e. The SMILES string of the molecule is CCCn1ccc(CNc2ccc(C)c(S(N)(=O)=O)c2)c1. The minimum atomic E-state index is -3.69. The first-order valence-electron chi connectivity index (χ1n) is 6.92. The highest BCUT2D eigenvalue weighted by molar-refractivity contribution is 7.89. The molecular weight excluding hydrogens is 286 g/mol. The van der Waals surface area contributed by atoms with Gasteiger partial charge in [-0.2, -0.15) is 0 Å². The zero-order valence-corrected chi connectivity index (χ0v) is 13.2. The van der Waals surface area contributed by atoms with E-state index in [0.29, 0.717) is 12.1 Å². The van der Waals surface area contributed by atoms with Crippen LogP contribution in [0.4, 0.5) is 5.69 Å². The molecule has 21 heavy (non-hydrogen) atoms. The summed E-state index contributed by atoms with van der Waals surface area (Å²) in [5.41, 5.74) is 2.55. The van der Waals surface area contributed by atoms with Crippen LogP contribution in [0.15, 0.2) is 41.6 Å². The number of nitrogens with two attached hydrogens (primary N) is 1. The van der Waals surface area contributed by atoms with Crippen molar-refractivity contribution in [2.75, 3.05) is 5.32 Å². The molecule has 0 aliphatic rings. The third kappa shape index (κ3) is 4.09. The normalized spacial score (nSPS) is 11.6. The number of hydrogen-bond acceptors (Lipinski definition) is 3. The van der Waals surface area contributed by atoms with Gasteiger partial charge < -0.3 is 9.88 Å². The maximum absolute atomic E-state index is 11.5. The first-order valence-corrected chi connectivity index (χ1v) is 8.47. The lowest BCUT2D eigenvalue weighted by Gasteiger charge is -2.09. The molecule has 0 spiro atoms. The second-order valence-electron chi connectivity index (χ2n) is 5.14. The summed E-state index contributed by atoms with van der Waals surface area (Å²) >= 11 is 0. The van der Waals surface area contributed by atoms with E-state index in [1.165, 1.54) is 0 Å². The van der Waals surface area contributed by atoms with Crippen LogP contribution < -0.4 is 10.5 Å². The van der Waals surface area contributed by atoms with Gasteiger partial charge in [0.1, 0.15) is 0 Å². The van der Waals surface area contributed by atoms with E-state index < -0.39 is 10.0 Å². The molecule has 0 unspecified atom stereocenters. The van der Waals surface area contributed by atoms with Gasteiger partial charge in [0, 0.05) is 31.2 Å². The van der Waals surface area contributed by atoms with Gasteiger partial charge in [0.05, 0.1) is 4.90 Å². The lowest BCUT2D eigenvalue weighted by molar-refractivity contribution is 0.597. The van der Waals surface area contributed by atoms with E-state index in [-0.39, 0.29) is 4.90 Å². The summed E-state index contributed by atoms with van der Waals surface area (Å²) in [5.74, 6) is 0. The van der Waals surface area contributed by atoms with Gasteiger partial charge in [0.15, 0.2) is 0 Å². The molecule has 1 aromatic heterocycles. The fourth-order valence-electron chi connectivity index (χ4n) is 2.21. The van der Waals surface area contributed by atoms with Crippen molar-refractivity contribution in [2.45, 2.75) is 38.3 Å². The number of primary sulfonamides is 1. The van der Waals surface area contributed by atoms with Crippen LogP contribution in [0.2, 0.25) is 0 Å². The first kappa shape index (κ1) is 15.6. The molecule has 3 N–H and O–H groups in total. The highest BCUT2D eigenvalue weighted by Gasteiger charge is 2.12. The Balaban J connectivity index is 2.09. The van der Waals surface area contributed by atoms with E-state index in [1.54, 1.807) is 19.1 Å². The van der Waals surface area contributed by atoms with Crippen LogP contribution >= 0.6 is 0 Å². The van der Waals surface area contributed by atoms with Gasteiger partial charge in [-0.25, -0.2) is 13.6 Å². The van der Waals surface area contributed by atoms with E-state index >= 15 is 0 Å². The number of anilines is 1. The standard InChI is InChI=1S/C15H21N3O2S/c1-3-7-18-8-6-13(11-18)10-17-14-5-4-12(2)15(9-14)21(16,19)20/h4-6,8-9,11,17H,3,7,10H2,1-2H3,(H2,16,19,20). The number of rotatable bonds is 6. The zero-order valence-electron chi connectivity index (χ0n) is 12.3. The van der Waals surface area contributed by atoms with E-state index in [9.17, 15) is 8.42 Å². The highest BCUT2D eigenvalue weighted by atomic mass is 32.2. The van der Waals surface area contributed by atoms with Crippen molar-refractivity contribution in [2.24, 2.45) is 5.14 Å². The number of aromatic nitrogens is 1. The quantitative estimate of drug-likeness (QED) is 0.860. The fourth-order valence-corrected chi connectivity index (χ4v) is 3.02. The molecule has 0 amide bonds. The molecule has 0 bridgehead atoms. The molecule has 0 atom stereocenters. The summed E-state index contributed by atoms with van der Waals surface area (Å²) in [7, 11) is -3.69. The Morgan fingerprint density at radius 3 is 2.71 bits per heavy atom. The number of hydrogen-bond donors (Lipinski definition) is 2. The van der Waals surface area contributed by atoms with Crippen LogP contribution in [0, 0.1) is 6.92 Å². The molecule has 0 saturated carbocycles. The minimum Gasteiger partial charge on any atom is -0.381 e. The molecule has 1 heterocycles. The average Bonchev–Trinajstić information content (AvgIpc) is 2.85. The third-order valence-corrected chi connectivity index (χ3v) is 4.34. The Morgan fingerprint density at radius 1 is 1.29 bits per heavy atom. The maximum Gasteiger partial charge on any atom is 0.238 e. The number of benzene rings is 1. The minimum absolute atomic E-state index is 0.163. The number of nitrogens with zero attached hydrogens (tertiary/aromatic N) is 1. The third-order valence-electron chi connectivity index (χ3n) is 3.28. The summed E-state index contributed by atoms with van der Waals surface area (Å²) < 4.78 is 25.1. The molecule has 0 radical (unpaired) electrons. The predicted molar refractivity (Wildman–Crippen MR) is 84.6 cm³/mol. The molecule has 114 valence electrons. The van der Waals surface area contributed by atoms with Gasteiger partial charge in [0.2, 0.25) is 10.0 Å². The van der Waals surface area contributed by atoms with Crippen LogP contribution in [0.25, 0.3) is 0 Å². The maximum atomic E-state index is 11.5. The lowest BCUT2D eigenvalue weighted by Crippen LogP contribution is -2.14. The average molecular weight is 307 g/mol. The predicted octanol–water partition coefficient (Wildman–Crippen LogP) is 2.47. The largest absolute Gasteiger partial charge is 0.381 e. The van der Waals surface area contributed by atoms with Crippen molar-refractivity contribution < 1.29 is 8.42 Å². The number of nitrogens with one attached hydrogen (secondary N) is 1. The molecule has 0 aliphatic heterocycles. The van der Waals surface area contributed by atoms with Gasteiger partial charge >= 0.3 is 0 Å². The molecule has 0 fully saturated rings. The monoisotopic (exact) mass is 307 g/mol. The Bertz CT molecular complexity index is 720. The van der Waals surface area contributed by atoms with Gasteiger partial charge in [-0.1, -0.05) is 13.0 Å². The van der Waals surface area contributed by atoms with Crippen molar-refractivity contribution in [3.05, 3.63) is 47.8 Å². The van der Waals surface area contributed by atoms with E-state index in [2.05, 4.69) is 29.1 Å². The van der Waals surface area contributed by atoms with Crippen LogP contribution in [0.3, 0.4) is 0 Å². The topological polar surface area (TPSA) is 77.1 Å². The van der Waals surface area contributed by atoms with E-state index in [4.69, 9.17) is 5.14 Å². The highest BCUT2D eigenvalue weighted by Crippen LogP contribution is 2.19. The van der Waals surface area contributed by atoms with Crippen LogP contribution in [0.5, 0.6) is 0 Å². The number of sulfonamides is 1. The second-order valence-corrected chi connectivity index (χ2v) is 6.67. The molecule has 0 aliphatic carbocycles. The summed E-state index contributed by atoms with van der Waals surface area (Å²) in [6.07, 6.45) is 5.23. The molecular formula is C15H21N3O2S. The van der Waals surface area contributed by atoms with Crippen molar-refractivity contribution in [1.29, 1.82) is 0 Å². The van der Waals surface area contributed by atoms with Gasteiger partial charge in [0.25, 0.3) is 0 Å². The summed E-state index contributed by atoms with van der Waals surface area (Å²) in [6, 6.07) is 7.24. The van der Waals surface area contributed by atoms with Gasteiger partial charge in [-0.3, -0.25) is 0 Å². The molecule has 2 aromatic rings. The Hall–Kier alpha value is -1.79. The van der Waals surface area contributed by atoms with Gasteiger partial charge in [-0.05, 0) is 42.7 Å². The Kier molecular flexibility index (Phi) is 4.69. The van der Waals surface area contributed by atoms with Crippen molar-refractivity contribution in [3.8, 4) is 0 Å². The van der Waals surface area contributed by atoms with Gasteiger partial charge in [-0.15, -0.1) is 0 Å². The van der Waals surface area contributed by atoms with E-state index in [1.807, 2.05) is 12.3 Å². The fraction of sp³-hybridized carbons (Fsp3) is 0.333. The molecule has 1 aromatic carbocycles. The number of aryl methyl sites for hydroxylation is 2. The van der Waals surface area contributed by atoms with Crippen LogP contribution in [-0.2, 0) is 23.1 Å². The second kappa shape index (κ2) is 6.32. The molecule has 6 heteroatoms. The summed E-state index contributed by atoms with van der Waals surface area (Å²) in [4.78, 5) is 0.163. The summed E-state index contributed by atoms with van der Waals surface area (Å²) in [5, 5.41) is 8.43. The summed E-state index contributed by atoms with van der Waals surface area (Å²) in [6.45, 7) is 5.51. The molecule has 0 saturated heterocycles. The first-order chi connectivity index (χ1) is 9.90. The van der Waals surface area contributed by atoms with E-state index in [0.717, 1.165) is 24.2 Å². The van der Waals surface area contributed by atoms with Crippen molar-refractivity contribution in [1.82, 2.24) is 4.57 Å². The zero-order chi connectivity index (χ0) is 15.5. The Labute approximate surface area is 125 Å². The van der Waals surface area contributed by atoms with Crippen molar-refractivity contribution >= 4 is 15.7 Å². The van der Waals surface area contributed by atoms with Crippen molar-refractivity contribution in [3.63, 3.8) is 0 Å². The Morgan fingerprint density at radius 2 is 2.05 bits per heavy atom. The lowest BCUT2D eigenvalue weighted by atomic mass is 10.2. The van der Waals surface area contributed by atoms with Crippen LogP contribution in [0.1, 0.15) is 24.5 Å². The molecule has 5 nitrogen and oxygen atoms in total. The van der Waals surface area contributed by atoms with Crippen LogP contribution in [-0.4, -0.2) is 13.0 Å².